The van der Waals surface area contributed by atoms with Gasteiger partial charge in [0.1, 0.15) is 5.60 Å². The summed E-state index contributed by atoms with van der Waals surface area (Å²) in [7, 11) is 0. The molecule has 0 unspecified atom stereocenters. The summed E-state index contributed by atoms with van der Waals surface area (Å²) in [4.78, 5) is 22.9. The van der Waals surface area contributed by atoms with Gasteiger partial charge in [0.2, 0.25) is 0 Å². The van der Waals surface area contributed by atoms with E-state index in [1.54, 1.807) is 20.8 Å². The van der Waals surface area contributed by atoms with Crippen molar-refractivity contribution in [2.24, 2.45) is 17.3 Å². The lowest BCUT2D eigenvalue weighted by atomic mass is 9.58. The Bertz CT molecular complexity index is 351. The van der Waals surface area contributed by atoms with Crippen molar-refractivity contribution in [3.63, 3.8) is 0 Å². The van der Waals surface area contributed by atoms with E-state index in [2.05, 4.69) is 19.2 Å². The molecule has 1 amide bonds. The first-order chi connectivity index (χ1) is 8.56. The van der Waals surface area contributed by atoms with Gasteiger partial charge < -0.3 is 15.2 Å². The number of carbonyl (C=O) groups excluding carboxylic acids is 1. The van der Waals surface area contributed by atoms with E-state index in [0.717, 1.165) is 0 Å². The lowest BCUT2D eigenvalue weighted by Crippen LogP contribution is -2.53. The molecule has 0 radical (unpaired) electrons. The molecule has 1 aliphatic rings. The van der Waals surface area contributed by atoms with Gasteiger partial charge >= 0.3 is 12.1 Å². The first-order valence-corrected chi connectivity index (χ1v) is 6.76. The lowest BCUT2D eigenvalue weighted by Gasteiger charge is -2.46. The minimum absolute atomic E-state index is 0.139. The summed E-state index contributed by atoms with van der Waals surface area (Å²) in [6.07, 6.45) is 0.687. The van der Waals surface area contributed by atoms with Crippen molar-refractivity contribution in [3.05, 3.63) is 0 Å². The highest BCUT2D eigenvalue weighted by Crippen LogP contribution is 2.48. The Morgan fingerprint density at radius 3 is 2.26 bits per heavy atom. The number of carboxylic acid groups (broad SMARTS) is 1. The molecule has 0 heterocycles. The molecule has 5 nitrogen and oxygen atoms in total. The van der Waals surface area contributed by atoms with Crippen molar-refractivity contribution in [3.8, 4) is 0 Å². The van der Waals surface area contributed by atoms with Crippen molar-refractivity contribution in [2.45, 2.75) is 53.1 Å². The first-order valence-electron chi connectivity index (χ1n) is 6.76. The number of amides is 1. The number of nitrogens with one attached hydrogen (secondary N) is 1. The Kier molecular flexibility index (Phi) is 4.48. The highest BCUT2D eigenvalue weighted by molar-refractivity contribution is 5.77. The molecule has 2 N–H and O–H groups in total. The zero-order valence-electron chi connectivity index (χ0n) is 12.4. The minimum Gasteiger partial charge on any atom is -0.481 e. The van der Waals surface area contributed by atoms with E-state index in [9.17, 15) is 14.7 Å². The fourth-order valence-electron chi connectivity index (χ4n) is 2.37. The van der Waals surface area contributed by atoms with Crippen LogP contribution in [0.5, 0.6) is 0 Å². The molecule has 110 valence electrons. The highest BCUT2D eigenvalue weighted by Gasteiger charge is 2.51. The molecular formula is C14H25NO4. The van der Waals surface area contributed by atoms with Crippen LogP contribution < -0.4 is 5.32 Å². The van der Waals surface area contributed by atoms with Gasteiger partial charge in [0, 0.05) is 6.54 Å². The van der Waals surface area contributed by atoms with Crippen molar-refractivity contribution in [2.75, 3.05) is 6.54 Å². The van der Waals surface area contributed by atoms with E-state index >= 15 is 0 Å². The van der Waals surface area contributed by atoms with Crippen LogP contribution >= 0.6 is 0 Å². The molecule has 0 aromatic rings. The number of ether oxygens (including phenoxy) is 1. The van der Waals surface area contributed by atoms with E-state index in [4.69, 9.17) is 4.74 Å². The average Bonchev–Trinajstić information content (AvgIpc) is 2.11. The molecule has 0 aromatic carbocycles. The van der Waals surface area contributed by atoms with Gasteiger partial charge in [0.05, 0.1) is 5.41 Å². The number of hydrogen-bond acceptors (Lipinski definition) is 3. The highest BCUT2D eigenvalue weighted by atomic mass is 16.6. The fourth-order valence-corrected chi connectivity index (χ4v) is 2.37. The van der Waals surface area contributed by atoms with E-state index in [0.29, 0.717) is 24.7 Å². The molecule has 1 rings (SSSR count). The van der Waals surface area contributed by atoms with Crippen LogP contribution in [0.1, 0.15) is 47.5 Å². The lowest BCUT2D eigenvalue weighted by molar-refractivity contribution is -0.159. The number of carboxylic acids is 1. The molecule has 1 saturated carbocycles. The second kappa shape index (κ2) is 5.39. The van der Waals surface area contributed by atoms with E-state index < -0.39 is 23.1 Å². The van der Waals surface area contributed by atoms with Crippen LogP contribution in [0.3, 0.4) is 0 Å². The van der Waals surface area contributed by atoms with Crippen molar-refractivity contribution in [1.29, 1.82) is 0 Å². The zero-order valence-corrected chi connectivity index (χ0v) is 12.4. The number of hydrogen-bond donors (Lipinski definition) is 2. The van der Waals surface area contributed by atoms with Crippen LogP contribution in [0, 0.1) is 17.3 Å². The second-order valence-corrected chi connectivity index (χ2v) is 6.85. The van der Waals surface area contributed by atoms with Crippen LogP contribution in [-0.4, -0.2) is 29.3 Å². The van der Waals surface area contributed by atoms with Gasteiger partial charge in [-0.2, -0.15) is 0 Å². The smallest absolute Gasteiger partial charge is 0.407 e. The minimum atomic E-state index is -0.833. The normalized spacial score (nSPS) is 26.7. The van der Waals surface area contributed by atoms with Crippen LogP contribution in [0.25, 0.3) is 0 Å². The Hall–Kier alpha value is -1.26. The van der Waals surface area contributed by atoms with Gasteiger partial charge in [0.25, 0.3) is 0 Å². The molecule has 0 atom stereocenters. The van der Waals surface area contributed by atoms with Gasteiger partial charge in [-0.25, -0.2) is 4.79 Å². The van der Waals surface area contributed by atoms with Crippen LogP contribution in [0.4, 0.5) is 4.79 Å². The summed E-state index contributed by atoms with van der Waals surface area (Å²) in [6, 6.07) is 0. The predicted molar refractivity (Wildman–Crippen MR) is 71.9 cm³/mol. The maximum absolute atomic E-state index is 11.6. The van der Waals surface area contributed by atoms with Gasteiger partial charge in [-0.05, 0) is 45.4 Å². The van der Waals surface area contributed by atoms with Gasteiger partial charge in [-0.3, -0.25) is 4.79 Å². The van der Waals surface area contributed by atoms with Crippen LogP contribution in [-0.2, 0) is 9.53 Å². The molecule has 1 aliphatic carbocycles. The summed E-state index contributed by atoms with van der Waals surface area (Å²) in [5.74, 6) is 0.0750. The third-order valence-electron chi connectivity index (χ3n) is 3.67. The van der Waals surface area contributed by atoms with Crippen molar-refractivity contribution in [1.82, 2.24) is 5.32 Å². The number of rotatable bonds is 4. The zero-order chi connectivity index (χ0) is 14.8. The maximum Gasteiger partial charge on any atom is 0.407 e. The summed E-state index contributed by atoms with van der Waals surface area (Å²) < 4.78 is 5.11. The Labute approximate surface area is 114 Å². The quantitative estimate of drug-likeness (QED) is 0.824. The molecule has 1 fully saturated rings. The molecule has 0 bridgehead atoms. The van der Waals surface area contributed by atoms with Gasteiger partial charge in [-0.1, -0.05) is 13.8 Å². The fraction of sp³-hybridized carbons (Fsp3) is 0.857. The topological polar surface area (TPSA) is 75.6 Å². The summed E-state index contributed by atoms with van der Waals surface area (Å²) in [6.45, 7) is 9.66. The molecule has 5 heteroatoms. The Balaban J connectivity index is 2.50. The Morgan fingerprint density at radius 2 is 1.89 bits per heavy atom. The summed E-state index contributed by atoms with van der Waals surface area (Å²) >= 11 is 0. The summed E-state index contributed by atoms with van der Waals surface area (Å²) in [5.41, 5.74) is -1.38. The second-order valence-electron chi connectivity index (χ2n) is 6.85. The first kappa shape index (κ1) is 15.8. The van der Waals surface area contributed by atoms with E-state index in [1.807, 2.05) is 0 Å². The largest absolute Gasteiger partial charge is 0.481 e. The molecule has 0 aliphatic heterocycles. The van der Waals surface area contributed by atoms with E-state index in [-0.39, 0.29) is 6.54 Å². The van der Waals surface area contributed by atoms with E-state index in [1.165, 1.54) is 0 Å². The average molecular weight is 271 g/mol. The number of carbonyl (C=O) groups is 2. The molecular weight excluding hydrogens is 246 g/mol. The van der Waals surface area contributed by atoms with Gasteiger partial charge in [0.15, 0.2) is 0 Å². The molecule has 0 aromatic heterocycles. The molecule has 0 spiro atoms. The molecule has 0 saturated heterocycles. The number of aliphatic carboxylic acids is 1. The van der Waals surface area contributed by atoms with Crippen LogP contribution in [0.2, 0.25) is 0 Å². The third kappa shape index (κ3) is 4.11. The predicted octanol–water partition coefficient (Wildman–Crippen LogP) is 2.65. The van der Waals surface area contributed by atoms with Crippen molar-refractivity contribution < 1.29 is 19.4 Å². The Morgan fingerprint density at radius 1 is 1.37 bits per heavy atom. The maximum atomic E-state index is 11.6. The van der Waals surface area contributed by atoms with Crippen LogP contribution in [0.15, 0.2) is 0 Å². The monoisotopic (exact) mass is 271 g/mol. The molecule has 19 heavy (non-hydrogen) atoms. The van der Waals surface area contributed by atoms with Crippen molar-refractivity contribution >= 4 is 12.1 Å². The number of alkyl carbamates (subject to hydrolysis) is 1. The summed E-state index contributed by atoms with van der Waals surface area (Å²) in [5, 5.41) is 11.9. The standard InChI is InChI=1S/C14H25NO4/c1-9(2)10-6-14(7-10,11(16)17)8-15-12(18)19-13(3,4)5/h9-10H,6-8H2,1-5H3,(H,15,18)(H,16,17). The van der Waals surface area contributed by atoms with Gasteiger partial charge in [-0.15, -0.1) is 0 Å². The third-order valence-corrected chi connectivity index (χ3v) is 3.67. The SMILES string of the molecule is CC(C)C1CC(CNC(=O)OC(C)(C)C)(C(=O)O)C1.